The fourth-order valence-corrected chi connectivity index (χ4v) is 2.85. The highest BCUT2D eigenvalue weighted by Crippen LogP contribution is 2.32. The Kier molecular flexibility index (Phi) is 4.66. The average Bonchev–Trinajstić information content (AvgIpc) is 3.01. The zero-order valence-corrected chi connectivity index (χ0v) is 12.8. The highest BCUT2D eigenvalue weighted by molar-refractivity contribution is 5.78. The van der Waals surface area contributed by atoms with Crippen LogP contribution in [0.5, 0.6) is 11.5 Å². The summed E-state index contributed by atoms with van der Waals surface area (Å²) in [5.41, 5.74) is 0.951. The van der Waals surface area contributed by atoms with Crippen LogP contribution in [-0.4, -0.2) is 48.3 Å². The lowest BCUT2D eigenvalue weighted by atomic mass is 9.97. The highest BCUT2D eigenvalue weighted by atomic mass is 16.7. The minimum Gasteiger partial charge on any atom is -0.481 e. The number of fused-ring (bicyclic) bond motifs is 1. The number of carbonyl (C=O) groups is 2. The van der Waals surface area contributed by atoms with E-state index in [1.54, 1.807) is 0 Å². The van der Waals surface area contributed by atoms with E-state index in [-0.39, 0.29) is 18.6 Å². The minimum absolute atomic E-state index is 0.0589. The van der Waals surface area contributed by atoms with Crippen LogP contribution in [0, 0.1) is 5.92 Å². The zero-order chi connectivity index (χ0) is 16.2. The van der Waals surface area contributed by atoms with E-state index in [4.69, 9.17) is 14.6 Å². The summed E-state index contributed by atoms with van der Waals surface area (Å²) in [6.45, 7) is 2.26. The topological polar surface area (TPSA) is 88.1 Å². The molecule has 0 unspecified atom stereocenters. The molecule has 124 valence electrons. The molecule has 0 bridgehead atoms. The largest absolute Gasteiger partial charge is 0.481 e. The second kappa shape index (κ2) is 6.87. The Labute approximate surface area is 134 Å². The Balaban J connectivity index is 1.42. The maximum Gasteiger partial charge on any atom is 0.306 e. The Morgan fingerprint density at radius 2 is 1.96 bits per heavy atom. The highest BCUT2D eigenvalue weighted by Gasteiger charge is 2.25. The number of hydrogen-bond acceptors (Lipinski definition) is 5. The van der Waals surface area contributed by atoms with Crippen LogP contribution in [-0.2, 0) is 16.1 Å². The quantitative estimate of drug-likeness (QED) is 0.835. The van der Waals surface area contributed by atoms with Gasteiger partial charge in [0.1, 0.15) is 0 Å². The first-order chi connectivity index (χ1) is 11.1. The van der Waals surface area contributed by atoms with Crippen molar-refractivity contribution < 1.29 is 24.2 Å². The third-order valence-electron chi connectivity index (χ3n) is 4.23. The molecule has 7 nitrogen and oxygen atoms in total. The van der Waals surface area contributed by atoms with E-state index >= 15 is 0 Å². The van der Waals surface area contributed by atoms with E-state index < -0.39 is 5.97 Å². The number of nitrogens with one attached hydrogen (secondary N) is 1. The molecule has 1 amide bonds. The molecule has 2 aliphatic rings. The number of hydrogen-bond donors (Lipinski definition) is 2. The molecule has 1 aromatic rings. The molecule has 1 aromatic carbocycles. The van der Waals surface area contributed by atoms with Gasteiger partial charge in [0.2, 0.25) is 12.7 Å². The molecule has 0 aliphatic carbocycles. The number of piperidine rings is 1. The number of amides is 1. The standard InChI is InChI=1S/C16H20N2O5/c19-15(9-18-5-3-12(4-6-18)16(20)21)17-8-11-1-2-13-14(7-11)23-10-22-13/h1-2,7,12H,3-6,8-10H2,(H,17,19)(H,20,21). The van der Waals surface area contributed by atoms with Crippen molar-refractivity contribution in [1.29, 1.82) is 0 Å². The van der Waals surface area contributed by atoms with Gasteiger partial charge in [-0.15, -0.1) is 0 Å². The molecular weight excluding hydrogens is 300 g/mol. The van der Waals surface area contributed by atoms with Gasteiger partial charge in [-0.2, -0.15) is 0 Å². The predicted molar refractivity (Wildman–Crippen MR) is 81.2 cm³/mol. The van der Waals surface area contributed by atoms with Crippen molar-refractivity contribution in [1.82, 2.24) is 10.2 Å². The number of nitrogens with zero attached hydrogens (tertiary/aromatic N) is 1. The van der Waals surface area contributed by atoms with Crippen molar-refractivity contribution in [2.45, 2.75) is 19.4 Å². The third-order valence-corrected chi connectivity index (χ3v) is 4.23. The van der Waals surface area contributed by atoms with E-state index in [2.05, 4.69) is 5.32 Å². The number of rotatable bonds is 5. The van der Waals surface area contributed by atoms with Crippen molar-refractivity contribution in [2.75, 3.05) is 26.4 Å². The molecule has 0 spiro atoms. The molecule has 2 aliphatic heterocycles. The van der Waals surface area contributed by atoms with Gasteiger partial charge in [-0.25, -0.2) is 0 Å². The van der Waals surface area contributed by atoms with E-state index in [9.17, 15) is 9.59 Å². The van der Waals surface area contributed by atoms with Crippen LogP contribution in [0.1, 0.15) is 18.4 Å². The van der Waals surface area contributed by atoms with Crippen LogP contribution >= 0.6 is 0 Å². The van der Waals surface area contributed by atoms with Gasteiger partial charge >= 0.3 is 5.97 Å². The van der Waals surface area contributed by atoms with Crippen molar-refractivity contribution >= 4 is 11.9 Å². The van der Waals surface area contributed by atoms with Gasteiger partial charge in [-0.1, -0.05) is 6.07 Å². The van der Waals surface area contributed by atoms with E-state index in [1.807, 2.05) is 23.1 Å². The normalized spacial score (nSPS) is 17.9. The van der Waals surface area contributed by atoms with Crippen LogP contribution in [0.4, 0.5) is 0 Å². The van der Waals surface area contributed by atoms with Gasteiger partial charge in [0.25, 0.3) is 0 Å². The molecule has 0 atom stereocenters. The second-order valence-corrected chi connectivity index (χ2v) is 5.85. The van der Waals surface area contributed by atoms with E-state index in [0.29, 0.717) is 44.8 Å². The molecule has 7 heteroatoms. The molecule has 3 rings (SSSR count). The lowest BCUT2D eigenvalue weighted by Gasteiger charge is -2.29. The van der Waals surface area contributed by atoms with Gasteiger partial charge in [-0.3, -0.25) is 14.5 Å². The summed E-state index contributed by atoms with van der Waals surface area (Å²) in [4.78, 5) is 24.9. The molecular formula is C16H20N2O5. The van der Waals surface area contributed by atoms with Crippen molar-refractivity contribution in [3.63, 3.8) is 0 Å². The van der Waals surface area contributed by atoms with Gasteiger partial charge < -0.3 is 19.9 Å². The van der Waals surface area contributed by atoms with Crippen LogP contribution < -0.4 is 14.8 Å². The number of carboxylic acids is 1. The number of carbonyl (C=O) groups excluding carboxylic acids is 1. The number of likely N-dealkylation sites (tertiary alicyclic amines) is 1. The van der Waals surface area contributed by atoms with Gasteiger partial charge in [-0.05, 0) is 43.6 Å². The van der Waals surface area contributed by atoms with Crippen LogP contribution in [0.15, 0.2) is 18.2 Å². The van der Waals surface area contributed by atoms with E-state index in [1.165, 1.54) is 0 Å². The summed E-state index contributed by atoms with van der Waals surface area (Å²) in [7, 11) is 0. The Morgan fingerprint density at radius 1 is 1.22 bits per heavy atom. The number of aliphatic carboxylic acids is 1. The zero-order valence-electron chi connectivity index (χ0n) is 12.8. The summed E-state index contributed by atoms with van der Waals surface area (Å²) in [6.07, 6.45) is 1.20. The maximum absolute atomic E-state index is 12.0. The summed E-state index contributed by atoms with van der Waals surface area (Å²) < 4.78 is 10.6. The molecule has 1 fully saturated rings. The molecule has 2 N–H and O–H groups in total. The summed E-state index contributed by atoms with van der Waals surface area (Å²) >= 11 is 0. The lowest BCUT2D eigenvalue weighted by Crippen LogP contribution is -2.42. The Bertz CT molecular complexity index is 596. The molecule has 23 heavy (non-hydrogen) atoms. The lowest BCUT2D eigenvalue weighted by molar-refractivity contribution is -0.143. The van der Waals surface area contributed by atoms with Crippen LogP contribution in [0.2, 0.25) is 0 Å². The maximum atomic E-state index is 12.0. The summed E-state index contributed by atoms with van der Waals surface area (Å²) in [5.74, 6) is 0.352. The fraction of sp³-hybridized carbons (Fsp3) is 0.500. The number of benzene rings is 1. The molecule has 0 aromatic heterocycles. The van der Waals surface area contributed by atoms with Gasteiger partial charge in [0.15, 0.2) is 11.5 Å². The minimum atomic E-state index is -0.739. The SMILES string of the molecule is O=C(CN1CCC(C(=O)O)CC1)NCc1ccc2c(c1)OCO2. The summed E-state index contributed by atoms with van der Waals surface area (Å²) in [6, 6.07) is 5.59. The monoisotopic (exact) mass is 320 g/mol. The molecule has 0 saturated carbocycles. The van der Waals surface area contributed by atoms with Crippen molar-refractivity contribution in [3.8, 4) is 11.5 Å². The van der Waals surface area contributed by atoms with E-state index in [0.717, 1.165) is 11.3 Å². The third kappa shape index (κ3) is 3.92. The smallest absolute Gasteiger partial charge is 0.306 e. The van der Waals surface area contributed by atoms with Gasteiger partial charge in [0, 0.05) is 6.54 Å². The summed E-state index contributed by atoms with van der Waals surface area (Å²) in [5, 5.41) is 11.8. The number of ether oxygens (including phenoxy) is 2. The second-order valence-electron chi connectivity index (χ2n) is 5.85. The van der Waals surface area contributed by atoms with Crippen molar-refractivity contribution in [2.24, 2.45) is 5.92 Å². The Morgan fingerprint density at radius 3 is 2.70 bits per heavy atom. The molecule has 0 radical (unpaired) electrons. The van der Waals surface area contributed by atoms with Crippen LogP contribution in [0.3, 0.4) is 0 Å². The molecule has 2 heterocycles. The first kappa shape index (κ1) is 15.6. The fourth-order valence-electron chi connectivity index (χ4n) is 2.85. The average molecular weight is 320 g/mol. The number of carboxylic acid groups (broad SMARTS) is 1. The van der Waals surface area contributed by atoms with Gasteiger partial charge in [0.05, 0.1) is 12.5 Å². The Hall–Kier alpha value is -2.28. The first-order valence-electron chi connectivity index (χ1n) is 7.72. The molecule has 1 saturated heterocycles. The van der Waals surface area contributed by atoms with Crippen molar-refractivity contribution in [3.05, 3.63) is 23.8 Å². The van der Waals surface area contributed by atoms with Crippen LogP contribution in [0.25, 0.3) is 0 Å². The predicted octanol–water partition coefficient (Wildman–Crippen LogP) is 0.828. The first-order valence-corrected chi connectivity index (χ1v) is 7.72.